The van der Waals surface area contributed by atoms with Crippen molar-refractivity contribution in [3.63, 3.8) is 0 Å². The Balaban J connectivity index is 1.83. The van der Waals surface area contributed by atoms with E-state index in [1.165, 1.54) is 6.21 Å². The van der Waals surface area contributed by atoms with Gasteiger partial charge in [-0.15, -0.1) is 0 Å². The van der Waals surface area contributed by atoms with E-state index in [-0.39, 0.29) is 6.54 Å². The molecule has 0 atom stereocenters. The molecule has 0 saturated heterocycles. The molecule has 0 bridgehead atoms. The molecule has 0 unspecified atom stereocenters. The van der Waals surface area contributed by atoms with Gasteiger partial charge in [0, 0.05) is 4.47 Å². The zero-order valence-corrected chi connectivity index (χ0v) is 15.2. The number of carbonyl (C=O) groups is 2. The largest absolute Gasteiger partial charge is 0.343 e. The maximum atomic E-state index is 12.0. The summed E-state index contributed by atoms with van der Waals surface area (Å²) in [5.74, 6) is -0.864. The highest BCUT2D eigenvalue weighted by molar-refractivity contribution is 9.10. The van der Waals surface area contributed by atoms with Crippen LogP contribution in [-0.4, -0.2) is 24.6 Å². The molecular weight excluding hydrogens is 394 g/mol. The van der Waals surface area contributed by atoms with Crippen LogP contribution in [0, 0.1) is 6.92 Å². The van der Waals surface area contributed by atoms with E-state index >= 15 is 0 Å². The van der Waals surface area contributed by atoms with Crippen LogP contribution in [0.5, 0.6) is 0 Å². The van der Waals surface area contributed by atoms with Crippen molar-refractivity contribution in [3.05, 3.63) is 68.7 Å². The number of rotatable bonds is 5. The molecule has 0 aromatic heterocycles. The van der Waals surface area contributed by atoms with Crippen molar-refractivity contribution in [1.29, 1.82) is 0 Å². The Kier molecular flexibility index (Phi) is 6.52. The van der Waals surface area contributed by atoms with Crippen LogP contribution in [0.4, 0.5) is 0 Å². The molecule has 0 aliphatic rings. The second kappa shape index (κ2) is 8.61. The summed E-state index contributed by atoms with van der Waals surface area (Å²) in [6.45, 7) is 1.79. The maximum absolute atomic E-state index is 12.0. The highest BCUT2D eigenvalue weighted by Gasteiger charge is 2.11. The Labute approximate surface area is 153 Å². The zero-order chi connectivity index (χ0) is 17.5. The Morgan fingerprint density at radius 3 is 2.62 bits per heavy atom. The fraction of sp³-hybridized carbons (Fsp3) is 0.118. The van der Waals surface area contributed by atoms with Gasteiger partial charge in [-0.3, -0.25) is 9.59 Å². The molecule has 0 aliphatic carbocycles. The van der Waals surface area contributed by atoms with E-state index in [4.69, 9.17) is 11.6 Å². The number of nitrogens with zero attached hydrogens (tertiary/aromatic N) is 1. The molecule has 0 spiro atoms. The second-order valence-electron chi connectivity index (χ2n) is 5.01. The van der Waals surface area contributed by atoms with E-state index in [0.29, 0.717) is 10.6 Å². The molecule has 2 aromatic carbocycles. The monoisotopic (exact) mass is 407 g/mol. The van der Waals surface area contributed by atoms with Gasteiger partial charge in [0.05, 0.1) is 23.3 Å². The molecule has 2 N–H and O–H groups in total. The van der Waals surface area contributed by atoms with Crippen molar-refractivity contribution in [3.8, 4) is 0 Å². The Bertz CT molecular complexity index is 776. The fourth-order valence-electron chi connectivity index (χ4n) is 1.80. The van der Waals surface area contributed by atoms with Crippen molar-refractivity contribution < 1.29 is 9.59 Å². The minimum atomic E-state index is -0.433. The van der Waals surface area contributed by atoms with Crippen molar-refractivity contribution >= 4 is 45.6 Å². The van der Waals surface area contributed by atoms with E-state index < -0.39 is 11.8 Å². The predicted octanol–water partition coefficient (Wildman–Crippen LogP) is 3.29. The molecule has 124 valence electrons. The van der Waals surface area contributed by atoms with Crippen LogP contribution >= 0.6 is 27.5 Å². The first kappa shape index (κ1) is 18.2. The topological polar surface area (TPSA) is 70.6 Å². The quantitative estimate of drug-likeness (QED) is 0.589. The molecule has 0 fully saturated rings. The van der Waals surface area contributed by atoms with Crippen LogP contribution in [0.2, 0.25) is 5.02 Å². The lowest BCUT2D eigenvalue weighted by molar-refractivity contribution is -0.120. The summed E-state index contributed by atoms with van der Waals surface area (Å²) < 4.78 is 0.726. The SMILES string of the molecule is Cc1ccc(/C=N\NC(=O)CNC(=O)c2cc(Br)ccc2Cl)cc1. The summed E-state index contributed by atoms with van der Waals surface area (Å²) in [4.78, 5) is 23.7. The van der Waals surface area contributed by atoms with Gasteiger partial charge in [0.2, 0.25) is 0 Å². The smallest absolute Gasteiger partial charge is 0.259 e. The number of halogens is 2. The molecule has 2 rings (SSSR count). The number of nitrogens with one attached hydrogen (secondary N) is 2. The van der Waals surface area contributed by atoms with Gasteiger partial charge in [0.1, 0.15) is 0 Å². The summed E-state index contributed by atoms with van der Waals surface area (Å²) >= 11 is 9.23. The minimum Gasteiger partial charge on any atom is -0.343 e. The Hall–Kier alpha value is -2.18. The van der Waals surface area contributed by atoms with Crippen LogP contribution < -0.4 is 10.7 Å². The summed E-state index contributed by atoms with van der Waals surface area (Å²) in [5.41, 5.74) is 4.66. The minimum absolute atomic E-state index is 0.201. The number of amides is 2. The highest BCUT2D eigenvalue weighted by Crippen LogP contribution is 2.20. The van der Waals surface area contributed by atoms with Gasteiger partial charge in [-0.25, -0.2) is 5.43 Å². The number of aryl methyl sites for hydroxylation is 1. The lowest BCUT2D eigenvalue weighted by Crippen LogP contribution is -2.35. The van der Waals surface area contributed by atoms with Crippen LogP contribution in [-0.2, 0) is 4.79 Å². The first-order valence-corrected chi connectivity index (χ1v) is 8.24. The van der Waals surface area contributed by atoms with E-state index in [1.54, 1.807) is 18.2 Å². The molecule has 7 heteroatoms. The van der Waals surface area contributed by atoms with Gasteiger partial charge in [-0.2, -0.15) is 5.10 Å². The number of hydrogen-bond donors (Lipinski definition) is 2. The van der Waals surface area contributed by atoms with E-state index in [2.05, 4.69) is 31.8 Å². The van der Waals surface area contributed by atoms with Gasteiger partial charge < -0.3 is 5.32 Å². The van der Waals surface area contributed by atoms with Crippen molar-refractivity contribution in [2.75, 3.05) is 6.54 Å². The van der Waals surface area contributed by atoms with Gasteiger partial charge in [0.15, 0.2) is 0 Å². The van der Waals surface area contributed by atoms with Crippen LogP contribution in [0.15, 0.2) is 52.0 Å². The van der Waals surface area contributed by atoms with E-state index in [1.807, 2.05) is 31.2 Å². The number of carbonyl (C=O) groups excluding carboxylic acids is 2. The van der Waals surface area contributed by atoms with Gasteiger partial charge in [0.25, 0.3) is 11.8 Å². The lowest BCUT2D eigenvalue weighted by Gasteiger charge is -2.06. The van der Waals surface area contributed by atoms with E-state index in [0.717, 1.165) is 15.6 Å². The average molecular weight is 409 g/mol. The Morgan fingerprint density at radius 1 is 1.21 bits per heavy atom. The molecular formula is C17H15BrClN3O2. The van der Waals surface area contributed by atoms with Gasteiger partial charge >= 0.3 is 0 Å². The predicted molar refractivity (Wildman–Crippen MR) is 98.4 cm³/mol. The number of hydrogen-bond acceptors (Lipinski definition) is 3. The number of hydrazone groups is 1. The fourth-order valence-corrected chi connectivity index (χ4v) is 2.36. The summed E-state index contributed by atoms with van der Waals surface area (Å²) in [5, 5.41) is 6.65. The van der Waals surface area contributed by atoms with Crippen molar-refractivity contribution in [1.82, 2.24) is 10.7 Å². The zero-order valence-electron chi connectivity index (χ0n) is 12.8. The third-order valence-electron chi connectivity index (χ3n) is 3.06. The van der Waals surface area contributed by atoms with E-state index in [9.17, 15) is 9.59 Å². The first-order chi connectivity index (χ1) is 11.5. The molecule has 0 saturated carbocycles. The molecule has 5 nitrogen and oxygen atoms in total. The summed E-state index contributed by atoms with van der Waals surface area (Å²) in [6.07, 6.45) is 1.53. The molecule has 24 heavy (non-hydrogen) atoms. The van der Waals surface area contributed by atoms with Crippen LogP contribution in [0.3, 0.4) is 0 Å². The standard InChI is InChI=1S/C17H15BrClN3O2/c1-11-2-4-12(5-3-11)9-21-22-16(23)10-20-17(24)14-8-13(18)6-7-15(14)19/h2-9H,10H2,1H3,(H,20,24)(H,22,23)/b21-9-. The highest BCUT2D eigenvalue weighted by atomic mass is 79.9. The third kappa shape index (κ3) is 5.47. The van der Waals surface area contributed by atoms with Crippen LogP contribution in [0.1, 0.15) is 21.5 Å². The third-order valence-corrected chi connectivity index (χ3v) is 3.89. The van der Waals surface area contributed by atoms with Gasteiger partial charge in [-0.1, -0.05) is 57.4 Å². The molecule has 0 radical (unpaired) electrons. The summed E-state index contributed by atoms with van der Waals surface area (Å²) in [6, 6.07) is 12.6. The number of benzene rings is 2. The molecule has 2 amide bonds. The normalized spacial score (nSPS) is 10.6. The molecule has 0 heterocycles. The van der Waals surface area contributed by atoms with Crippen LogP contribution in [0.25, 0.3) is 0 Å². The van der Waals surface area contributed by atoms with Gasteiger partial charge in [-0.05, 0) is 30.7 Å². The Morgan fingerprint density at radius 2 is 1.92 bits per heavy atom. The first-order valence-electron chi connectivity index (χ1n) is 7.07. The summed E-state index contributed by atoms with van der Waals surface area (Å²) in [7, 11) is 0. The van der Waals surface area contributed by atoms with Crippen molar-refractivity contribution in [2.45, 2.75) is 6.92 Å². The lowest BCUT2D eigenvalue weighted by atomic mass is 10.2. The average Bonchev–Trinajstić information content (AvgIpc) is 2.56. The maximum Gasteiger partial charge on any atom is 0.259 e. The molecule has 2 aromatic rings. The molecule has 0 aliphatic heterocycles. The second-order valence-corrected chi connectivity index (χ2v) is 6.33. The van der Waals surface area contributed by atoms with Crippen molar-refractivity contribution in [2.24, 2.45) is 5.10 Å².